The van der Waals surface area contributed by atoms with E-state index in [4.69, 9.17) is 0 Å². The van der Waals surface area contributed by atoms with Crippen LogP contribution in [0.3, 0.4) is 0 Å². The van der Waals surface area contributed by atoms with Gasteiger partial charge >= 0.3 is 0 Å². The summed E-state index contributed by atoms with van der Waals surface area (Å²) >= 11 is 1.41. The van der Waals surface area contributed by atoms with Gasteiger partial charge in [-0.15, -0.1) is 0 Å². The Kier molecular flexibility index (Phi) is 5.04. The first kappa shape index (κ1) is 16.0. The van der Waals surface area contributed by atoms with Crippen LogP contribution < -0.4 is 4.72 Å². The van der Waals surface area contributed by atoms with Crippen molar-refractivity contribution in [2.24, 2.45) is 0 Å². The number of aliphatic hydroxyl groups excluding tert-OH is 1. The Bertz CT molecular complexity index is 682. The molecule has 1 aromatic heterocycles. The molecule has 0 spiro atoms. The Morgan fingerprint density at radius 2 is 1.90 bits per heavy atom. The summed E-state index contributed by atoms with van der Waals surface area (Å²) in [7, 11) is -4.29. The van der Waals surface area contributed by atoms with E-state index in [1.807, 2.05) is 0 Å². The quantitative estimate of drug-likeness (QED) is 0.853. The molecule has 0 saturated heterocycles. The maximum Gasteiger partial charge on any atom is 0.246 e. The molecule has 0 unspecified atom stereocenters. The van der Waals surface area contributed by atoms with E-state index in [0.717, 1.165) is 18.2 Å². The fourth-order valence-electron chi connectivity index (χ4n) is 1.77. The van der Waals surface area contributed by atoms with Gasteiger partial charge in [-0.3, -0.25) is 0 Å². The Morgan fingerprint density at radius 3 is 2.48 bits per heavy atom. The van der Waals surface area contributed by atoms with Crippen LogP contribution in [0.25, 0.3) is 0 Å². The predicted molar refractivity (Wildman–Crippen MR) is 75.4 cm³/mol. The Labute approximate surface area is 125 Å². The summed E-state index contributed by atoms with van der Waals surface area (Å²) < 4.78 is 52.7. The van der Waals surface area contributed by atoms with E-state index in [1.54, 1.807) is 16.8 Å². The SMILES string of the molecule is O=S(=O)(NCC[C@H](O)c1ccsc1)c1c(F)cccc1F. The summed E-state index contributed by atoms with van der Waals surface area (Å²) in [5.74, 6) is -2.30. The number of hydrogen-bond donors (Lipinski definition) is 2. The van der Waals surface area contributed by atoms with Crippen LogP contribution in [-0.4, -0.2) is 20.1 Å². The zero-order chi connectivity index (χ0) is 15.5. The zero-order valence-electron chi connectivity index (χ0n) is 10.8. The molecule has 1 atom stereocenters. The van der Waals surface area contributed by atoms with Gasteiger partial charge < -0.3 is 5.11 Å². The number of aliphatic hydroxyl groups is 1. The minimum atomic E-state index is -4.29. The summed E-state index contributed by atoms with van der Waals surface area (Å²) in [6.45, 7) is -0.132. The normalized spacial score (nSPS) is 13.3. The van der Waals surface area contributed by atoms with Crippen LogP contribution in [0.15, 0.2) is 39.9 Å². The smallest absolute Gasteiger partial charge is 0.246 e. The molecule has 2 aromatic rings. The van der Waals surface area contributed by atoms with Crippen LogP contribution in [0.1, 0.15) is 18.1 Å². The molecule has 8 heteroatoms. The molecule has 4 nitrogen and oxygen atoms in total. The molecule has 0 aliphatic heterocycles. The van der Waals surface area contributed by atoms with E-state index in [2.05, 4.69) is 4.72 Å². The molecule has 0 radical (unpaired) electrons. The van der Waals surface area contributed by atoms with Gasteiger partial charge in [0.1, 0.15) is 11.6 Å². The highest BCUT2D eigenvalue weighted by Gasteiger charge is 2.23. The van der Waals surface area contributed by atoms with Crippen molar-refractivity contribution in [3.05, 3.63) is 52.2 Å². The van der Waals surface area contributed by atoms with Crippen molar-refractivity contribution in [1.82, 2.24) is 4.72 Å². The van der Waals surface area contributed by atoms with Gasteiger partial charge in [0.25, 0.3) is 0 Å². The monoisotopic (exact) mass is 333 g/mol. The Hall–Kier alpha value is -1.35. The minimum absolute atomic E-state index is 0.103. The van der Waals surface area contributed by atoms with E-state index in [1.165, 1.54) is 11.3 Å². The number of hydrogen-bond acceptors (Lipinski definition) is 4. The fraction of sp³-hybridized carbons (Fsp3) is 0.231. The van der Waals surface area contributed by atoms with Gasteiger partial charge in [0.05, 0.1) is 6.10 Å². The Balaban J connectivity index is 2.02. The van der Waals surface area contributed by atoms with Crippen molar-refractivity contribution in [2.45, 2.75) is 17.4 Å². The van der Waals surface area contributed by atoms with Crippen molar-refractivity contribution in [3.8, 4) is 0 Å². The Morgan fingerprint density at radius 1 is 1.24 bits per heavy atom. The van der Waals surface area contributed by atoms with Crippen LogP contribution in [0.2, 0.25) is 0 Å². The van der Waals surface area contributed by atoms with E-state index >= 15 is 0 Å². The molecule has 0 bridgehead atoms. The lowest BCUT2D eigenvalue weighted by atomic mass is 10.1. The van der Waals surface area contributed by atoms with Crippen molar-refractivity contribution in [2.75, 3.05) is 6.54 Å². The summed E-state index contributed by atoms with van der Waals surface area (Å²) in [6.07, 6.45) is -0.726. The number of nitrogens with one attached hydrogen (secondary N) is 1. The zero-order valence-corrected chi connectivity index (χ0v) is 12.4. The van der Waals surface area contributed by atoms with Gasteiger partial charge in [0.2, 0.25) is 10.0 Å². The van der Waals surface area contributed by atoms with Crippen LogP contribution in [0.5, 0.6) is 0 Å². The van der Waals surface area contributed by atoms with Gasteiger partial charge in [-0.2, -0.15) is 11.3 Å². The first-order valence-electron chi connectivity index (χ1n) is 6.05. The molecule has 0 fully saturated rings. The van der Waals surface area contributed by atoms with Crippen LogP contribution in [-0.2, 0) is 10.0 Å². The summed E-state index contributed by atoms with van der Waals surface area (Å²) in [4.78, 5) is -1.00. The van der Waals surface area contributed by atoms with Crippen molar-refractivity contribution in [3.63, 3.8) is 0 Å². The largest absolute Gasteiger partial charge is 0.388 e. The summed E-state index contributed by atoms with van der Waals surface area (Å²) in [5.41, 5.74) is 0.677. The average molecular weight is 333 g/mol. The van der Waals surface area contributed by atoms with Gasteiger partial charge in [-0.25, -0.2) is 21.9 Å². The number of sulfonamides is 1. The number of rotatable bonds is 6. The maximum atomic E-state index is 13.4. The third-order valence-corrected chi connectivity index (χ3v) is 5.04. The number of halogens is 2. The van der Waals surface area contributed by atoms with E-state index < -0.39 is 32.7 Å². The summed E-state index contributed by atoms with van der Waals surface area (Å²) in [5, 5.41) is 13.3. The molecule has 0 aliphatic carbocycles. The highest BCUT2D eigenvalue weighted by molar-refractivity contribution is 7.89. The van der Waals surface area contributed by atoms with E-state index in [0.29, 0.717) is 5.56 Å². The molecule has 1 aromatic carbocycles. The second-order valence-corrected chi connectivity index (χ2v) is 6.79. The average Bonchev–Trinajstić information content (AvgIpc) is 2.91. The maximum absolute atomic E-state index is 13.4. The highest BCUT2D eigenvalue weighted by Crippen LogP contribution is 2.20. The second kappa shape index (κ2) is 6.61. The first-order chi connectivity index (χ1) is 9.92. The van der Waals surface area contributed by atoms with E-state index in [-0.39, 0.29) is 13.0 Å². The van der Waals surface area contributed by atoms with Crippen LogP contribution in [0, 0.1) is 11.6 Å². The van der Waals surface area contributed by atoms with Gasteiger partial charge in [-0.05, 0) is 40.9 Å². The molecule has 0 amide bonds. The lowest BCUT2D eigenvalue weighted by Gasteiger charge is -2.11. The molecule has 1 heterocycles. The molecule has 2 rings (SSSR count). The van der Waals surface area contributed by atoms with E-state index in [9.17, 15) is 22.3 Å². The third kappa shape index (κ3) is 3.85. The molecular weight excluding hydrogens is 320 g/mol. The molecule has 2 N–H and O–H groups in total. The lowest BCUT2D eigenvalue weighted by Crippen LogP contribution is -2.27. The van der Waals surface area contributed by atoms with Gasteiger partial charge in [-0.1, -0.05) is 6.07 Å². The molecule has 0 aliphatic rings. The first-order valence-corrected chi connectivity index (χ1v) is 8.48. The molecular formula is C13H13F2NO3S2. The van der Waals surface area contributed by atoms with Crippen molar-refractivity contribution in [1.29, 1.82) is 0 Å². The molecule has 21 heavy (non-hydrogen) atoms. The standard InChI is InChI=1S/C13H13F2NO3S2/c14-10-2-1-3-11(15)13(10)21(18,19)16-6-4-12(17)9-5-7-20-8-9/h1-3,5,7-8,12,16-17H,4,6H2/t12-/m0/s1. The fourth-order valence-corrected chi connectivity index (χ4v) is 3.66. The van der Waals surface area contributed by atoms with Gasteiger partial charge in [0.15, 0.2) is 4.90 Å². The lowest BCUT2D eigenvalue weighted by molar-refractivity contribution is 0.169. The van der Waals surface area contributed by atoms with Gasteiger partial charge in [0, 0.05) is 6.54 Å². The third-order valence-electron chi connectivity index (χ3n) is 2.83. The topological polar surface area (TPSA) is 66.4 Å². The molecule has 0 saturated carbocycles. The van der Waals surface area contributed by atoms with Crippen LogP contribution >= 0.6 is 11.3 Å². The summed E-state index contributed by atoms with van der Waals surface area (Å²) in [6, 6.07) is 4.56. The second-order valence-electron chi connectivity index (χ2n) is 4.31. The van der Waals surface area contributed by atoms with Crippen molar-refractivity contribution < 1.29 is 22.3 Å². The van der Waals surface area contributed by atoms with Crippen LogP contribution in [0.4, 0.5) is 8.78 Å². The van der Waals surface area contributed by atoms with Crippen molar-refractivity contribution >= 4 is 21.4 Å². The highest BCUT2D eigenvalue weighted by atomic mass is 32.2. The number of benzene rings is 1. The molecule has 114 valence electrons. The predicted octanol–water partition coefficient (Wildman–Crippen LogP) is 2.43. The minimum Gasteiger partial charge on any atom is -0.388 e. The number of thiophene rings is 1.